The molecule has 0 heterocycles. The fourth-order valence-electron chi connectivity index (χ4n) is 1.88. The van der Waals surface area contributed by atoms with Crippen molar-refractivity contribution in [2.75, 3.05) is 19.8 Å². The highest BCUT2D eigenvalue weighted by Crippen LogP contribution is 2.26. The Balaban J connectivity index is 2.78. The average Bonchev–Trinajstić information content (AvgIpc) is 2.42. The van der Waals surface area contributed by atoms with E-state index in [1.807, 2.05) is 6.92 Å². The molecule has 0 aliphatic rings. The summed E-state index contributed by atoms with van der Waals surface area (Å²) >= 11 is 0. The lowest BCUT2D eigenvalue weighted by atomic mass is 10.0. The van der Waals surface area contributed by atoms with Crippen LogP contribution in [0.4, 0.5) is 0 Å². The molecule has 0 bridgehead atoms. The number of nitrogens with one attached hydrogen (secondary N) is 1. The van der Waals surface area contributed by atoms with Gasteiger partial charge in [-0.3, -0.25) is 0 Å². The molecule has 2 atom stereocenters. The first kappa shape index (κ1) is 16.0. The molecule has 0 saturated carbocycles. The highest BCUT2D eigenvalue weighted by atomic mass is 16.5. The van der Waals surface area contributed by atoms with E-state index in [2.05, 4.69) is 44.3 Å². The summed E-state index contributed by atoms with van der Waals surface area (Å²) in [6.07, 6.45) is 1.12. The van der Waals surface area contributed by atoms with Crippen LogP contribution in [0.1, 0.15) is 44.4 Å². The molecule has 1 rings (SSSR count). The summed E-state index contributed by atoms with van der Waals surface area (Å²) in [5.41, 5.74) is 2.38. The number of ether oxygens (including phenoxy) is 1. The normalized spacial score (nSPS) is 14.2. The zero-order valence-electron chi connectivity index (χ0n) is 12.6. The van der Waals surface area contributed by atoms with Crippen molar-refractivity contribution >= 4 is 0 Å². The van der Waals surface area contributed by atoms with Crippen molar-refractivity contribution in [1.29, 1.82) is 0 Å². The first-order valence-electron chi connectivity index (χ1n) is 7.16. The number of aliphatic hydroxyl groups excluding tert-OH is 1. The number of hydrogen-bond acceptors (Lipinski definition) is 3. The van der Waals surface area contributed by atoms with Gasteiger partial charge in [0.2, 0.25) is 0 Å². The van der Waals surface area contributed by atoms with E-state index in [-0.39, 0.29) is 18.6 Å². The van der Waals surface area contributed by atoms with Crippen molar-refractivity contribution < 1.29 is 9.84 Å². The fourth-order valence-corrected chi connectivity index (χ4v) is 1.88. The van der Waals surface area contributed by atoms with E-state index < -0.39 is 0 Å². The SMILES string of the molecule is CCCNC(C)c1ccc(C)cc1OCC(C)CO. The number of aliphatic hydroxyl groups is 1. The van der Waals surface area contributed by atoms with E-state index in [1.165, 1.54) is 11.1 Å². The van der Waals surface area contributed by atoms with Crippen LogP contribution in [-0.4, -0.2) is 24.9 Å². The second-order valence-corrected chi connectivity index (χ2v) is 5.32. The topological polar surface area (TPSA) is 41.5 Å². The van der Waals surface area contributed by atoms with E-state index in [4.69, 9.17) is 9.84 Å². The minimum absolute atomic E-state index is 0.158. The Kier molecular flexibility index (Phi) is 6.89. The molecule has 2 N–H and O–H groups in total. The summed E-state index contributed by atoms with van der Waals surface area (Å²) in [7, 11) is 0. The van der Waals surface area contributed by atoms with Gasteiger partial charge in [-0.15, -0.1) is 0 Å². The Labute approximate surface area is 117 Å². The van der Waals surface area contributed by atoms with E-state index in [0.29, 0.717) is 6.61 Å². The Hall–Kier alpha value is -1.06. The van der Waals surface area contributed by atoms with Crippen molar-refractivity contribution in [1.82, 2.24) is 5.32 Å². The summed E-state index contributed by atoms with van der Waals surface area (Å²) in [6, 6.07) is 6.59. The van der Waals surface area contributed by atoms with Crippen LogP contribution in [0.2, 0.25) is 0 Å². The molecule has 3 nitrogen and oxygen atoms in total. The molecule has 19 heavy (non-hydrogen) atoms. The van der Waals surface area contributed by atoms with Gasteiger partial charge in [0, 0.05) is 24.1 Å². The fraction of sp³-hybridized carbons (Fsp3) is 0.625. The van der Waals surface area contributed by atoms with Gasteiger partial charge < -0.3 is 15.2 Å². The molecule has 0 fully saturated rings. The molecule has 2 unspecified atom stereocenters. The third-order valence-corrected chi connectivity index (χ3v) is 3.17. The Morgan fingerprint density at radius 1 is 1.32 bits per heavy atom. The van der Waals surface area contributed by atoms with Crippen molar-refractivity contribution in [3.05, 3.63) is 29.3 Å². The summed E-state index contributed by atoms with van der Waals surface area (Å²) in [5, 5.41) is 12.6. The zero-order valence-corrected chi connectivity index (χ0v) is 12.6. The third kappa shape index (κ3) is 5.21. The van der Waals surface area contributed by atoms with Gasteiger partial charge in [0.05, 0.1) is 6.61 Å². The Morgan fingerprint density at radius 3 is 2.68 bits per heavy atom. The molecule has 3 heteroatoms. The maximum atomic E-state index is 9.07. The lowest BCUT2D eigenvalue weighted by molar-refractivity contribution is 0.173. The standard InChI is InChI=1S/C16H27NO2/c1-5-8-17-14(4)15-7-6-12(2)9-16(15)19-11-13(3)10-18/h6-7,9,13-14,17-18H,5,8,10-11H2,1-4H3. The van der Waals surface area contributed by atoms with Gasteiger partial charge in [0.25, 0.3) is 0 Å². The van der Waals surface area contributed by atoms with Crippen molar-refractivity contribution in [3.8, 4) is 5.75 Å². The van der Waals surface area contributed by atoms with Crippen molar-refractivity contribution in [3.63, 3.8) is 0 Å². The highest BCUT2D eigenvalue weighted by molar-refractivity contribution is 5.39. The Morgan fingerprint density at radius 2 is 2.05 bits per heavy atom. The van der Waals surface area contributed by atoms with Crippen LogP contribution in [0.15, 0.2) is 18.2 Å². The van der Waals surface area contributed by atoms with Crippen LogP contribution in [0, 0.1) is 12.8 Å². The number of rotatable bonds is 8. The molecule has 108 valence electrons. The van der Waals surface area contributed by atoms with Crippen LogP contribution in [0.3, 0.4) is 0 Å². The Bertz CT molecular complexity index is 379. The maximum absolute atomic E-state index is 9.07. The summed E-state index contributed by atoms with van der Waals surface area (Å²) in [4.78, 5) is 0. The van der Waals surface area contributed by atoms with Gasteiger partial charge in [0.1, 0.15) is 5.75 Å². The molecule has 0 spiro atoms. The molecular formula is C16H27NO2. The van der Waals surface area contributed by atoms with E-state index in [9.17, 15) is 0 Å². The molecule has 1 aromatic rings. The quantitative estimate of drug-likeness (QED) is 0.759. The van der Waals surface area contributed by atoms with Gasteiger partial charge in [-0.1, -0.05) is 26.0 Å². The summed E-state index contributed by atoms with van der Waals surface area (Å²) in [6.45, 7) is 10.1. The maximum Gasteiger partial charge on any atom is 0.124 e. The second-order valence-electron chi connectivity index (χ2n) is 5.32. The predicted molar refractivity (Wildman–Crippen MR) is 79.6 cm³/mol. The van der Waals surface area contributed by atoms with Gasteiger partial charge in [-0.05, 0) is 38.4 Å². The van der Waals surface area contributed by atoms with Gasteiger partial charge in [-0.2, -0.15) is 0 Å². The average molecular weight is 265 g/mol. The van der Waals surface area contributed by atoms with Crippen LogP contribution >= 0.6 is 0 Å². The largest absolute Gasteiger partial charge is 0.493 e. The van der Waals surface area contributed by atoms with E-state index in [0.717, 1.165) is 18.7 Å². The minimum atomic E-state index is 0.158. The first-order valence-corrected chi connectivity index (χ1v) is 7.16. The molecule has 0 aliphatic carbocycles. The number of benzene rings is 1. The molecule has 1 aromatic carbocycles. The van der Waals surface area contributed by atoms with Gasteiger partial charge in [0.15, 0.2) is 0 Å². The van der Waals surface area contributed by atoms with Crippen LogP contribution in [0.25, 0.3) is 0 Å². The molecule has 0 amide bonds. The smallest absolute Gasteiger partial charge is 0.124 e. The lowest BCUT2D eigenvalue weighted by Gasteiger charge is -2.20. The zero-order chi connectivity index (χ0) is 14.3. The van der Waals surface area contributed by atoms with Gasteiger partial charge >= 0.3 is 0 Å². The third-order valence-electron chi connectivity index (χ3n) is 3.17. The number of aryl methyl sites for hydroxylation is 1. The molecule has 0 aliphatic heterocycles. The number of hydrogen-bond donors (Lipinski definition) is 2. The molecular weight excluding hydrogens is 238 g/mol. The summed E-state index contributed by atoms with van der Waals surface area (Å²) < 4.78 is 5.87. The van der Waals surface area contributed by atoms with E-state index >= 15 is 0 Å². The summed E-state index contributed by atoms with van der Waals surface area (Å²) in [5.74, 6) is 1.09. The first-order chi connectivity index (χ1) is 9.08. The molecule has 0 saturated heterocycles. The molecule has 0 radical (unpaired) electrons. The minimum Gasteiger partial charge on any atom is -0.493 e. The second kappa shape index (κ2) is 8.18. The lowest BCUT2D eigenvalue weighted by Crippen LogP contribution is -2.21. The van der Waals surface area contributed by atoms with Crippen molar-refractivity contribution in [2.45, 2.75) is 40.2 Å². The van der Waals surface area contributed by atoms with Gasteiger partial charge in [-0.25, -0.2) is 0 Å². The van der Waals surface area contributed by atoms with Crippen molar-refractivity contribution in [2.24, 2.45) is 5.92 Å². The molecule has 0 aromatic heterocycles. The monoisotopic (exact) mass is 265 g/mol. The van der Waals surface area contributed by atoms with Crippen LogP contribution in [0.5, 0.6) is 5.75 Å². The van der Waals surface area contributed by atoms with Crippen LogP contribution < -0.4 is 10.1 Å². The predicted octanol–water partition coefficient (Wildman–Crippen LogP) is 3.06. The van der Waals surface area contributed by atoms with Crippen LogP contribution in [-0.2, 0) is 0 Å². The highest BCUT2D eigenvalue weighted by Gasteiger charge is 2.12. The van der Waals surface area contributed by atoms with E-state index in [1.54, 1.807) is 0 Å².